The first-order valence-electron chi connectivity index (χ1n) is 20.0. The van der Waals surface area contributed by atoms with Crippen molar-refractivity contribution in [2.45, 2.75) is 0 Å². The molecule has 0 aliphatic heterocycles. The summed E-state index contributed by atoms with van der Waals surface area (Å²) in [4.78, 5) is 11.0. The topological polar surface area (TPSA) is 48.8 Å². The molecule has 0 bridgehead atoms. The Hall–Kier alpha value is -8.02. The van der Waals surface area contributed by atoms with Crippen LogP contribution in [0.4, 0.5) is 0 Å². The highest BCUT2D eigenvalue weighted by molar-refractivity contribution is 6.27. The van der Waals surface area contributed by atoms with Gasteiger partial charge in [0.2, 0.25) is 5.95 Å². The predicted molar refractivity (Wildman–Crippen MR) is 244 cm³/mol. The van der Waals surface area contributed by atoms with E-state index < -0.39 is 0 Å². The van der Waals surface area contributed by atoms with Crippen LogP contribution in [0.1, 0.15) is 0 Å². The molecule has 5 nitrogen and oxygen atoms in total. The maximum absolute atomic E-state index is 6.87. The van der Waals surface area contributed by atoms with Crippen LogP contribution in [0.5, 0.6) is 0 Å². The van der Waals surface area contributed by atoms with E-state index in [1.54, 1.807) is 0 Å². The van der Waals surface area contributed by atoms with Gasteiger partial charge in [-0.2, -0.15) is 0 Å². The number of aromatic nitrogens is 4. The maximum Gasteiger partial charge on any atom is 0.236 e. The smallest absolute Gasteiger partial charge is 0.236 e. The molecule has 0 aliphatic carbocycles. The van der Waals surface area contributed by atoms with E-state index in [0.29, 0.717) is 5.95 Å². The Kier molecular flexibility index (Phi) is 6.66. The number of para-hydroxylation sites is 3. The summed E-state index contributed by atoms with van der Waals surface area (Å²) in [5, 5.41) is 10.0. The molecular weight excluding hydrogens is 721 g/mol. The number of furan rings is 1. The van der Waals surface area contributed by atoms with E-state index >= 15 is 0 Å². The molecule has 0 fully saturated rings. The average Bonchev–Trinajstić information content (AvgIpc) is 3.97. The Bertz CT molecular complexity index is 3830. The summed E-state index contributed by atoms with van der Waals surface area (Å²) < 4.78 is 11.6. The summed E-state index contributed by atoms with van der Waals surface area (Å²) in [6.45, 7) is 0. The van der Waals surface area contributed by atoms with E-state index in [-0.39, 0.29) is 0 Å². The number of benzene rings is 9. The molecule has 274 valence electrons. The quantitative estimate of drug-likeness (QED) is 0.180. The second-order valence-corrected chi connectivity index (χ2v) is 15.3. The van der Waals surface area contributed by atoms with E-state index in [0.717, 1.165) is 93.6 Å². The Morgan fingerprint density at radius 3 is 1.83 bits per heavy atom. The zero-order chi connectivity index (χ0) is 38.6. The van der Waals surface area contributed by atoms with Crippen molar-refractivity contribution in [3.8, 4) is 34.0 Å². The van der Waals surface area contributed by atoms with Crippen LogP contribution < -0.4 is 0 Å². The van der Waals surface area contributed by atoms with Crippen molar-refractivity contribution in [2.75, 3.05) is 0 Å². The Morgan fingerprint density at radius 2 is 0.983 bits per heavy atom. The highest BCUT2D eigenvalue weighted by atomic mass is 16.3. The minimum atomic E-state index is 0.585. The summed E-state index contributed by atoms with van der Waals surface area (Å²) in [6.07, 6.45) is 0. The summed E-state index contributed by atoms with van der Waals surface area (Å²) >= 11 is 0. The van der Waals surface area contributed by atoms with Crippen LogP contribution >= 0.6 is 0 Å². The normalized spacial score (nSPS) is 12.1. The van der Waals surface area contributed by atoms with Crippen LogP contribution in [0.15, 0.2) is 199 Å². The van der Waals surface area contributed by atoms with E-state index in [2.05, 4.69) is 191 Å². The number of hydrogen-bond donors (Lipinski definition) is 0. The first-order chi connectivity index (χ1) is 29.3. The van der Waals surface area contributed by atoms with Gasteiger partial charge in [0.1, 0.15) is 11.1 Å². The van der Waals surface area contributed by atoms with Gasteiger partial charge in [-0.15, -0.1) is 0 Å². The Balaban J connectivity index is 1.20. The lowest BCUT2D eigenvalue weighted by Gasteiger charge is -2.14. The molecular formula is C54H32N4O. The first kappa shape index (κ1) is 32.1. The van der Waals surface area contributed by atoms with Crippen LogP contribution in [0.25, 0.3) is 121 Å². The lowest BCUT2D eigenvalue weighted by molar-refractivity contribution is 0.671. The third-order valence-electron chi connectivity index (χ3n) is 12.1. The second-order valence-electron chi connectivity index (χ2n) is 15.3. The van der Waals surface area contributed by atoms with Crippen molar-refractivity contribution < 1.29 is 4.42 Å². The highest BCUT2D eigenvalue weighted by Crippen LogP contribution is 2.45. The Morgan fingerprint density at radius 1 is 0.373 bits per heavy atom. The van der Waals surface area contributed by atoms with Gasteiger partial charge in [0.15, 0.2) is 5.58 Å². The molecule has 0 saturated carbocycles. The monoisotopic (exact) mass is 752 g/mol. The van der Waals surface area contributed by atoms with Gasteiger partial charge in [-0.1, -0.05) is 158 Å². The van der Waals surface area contributed by atoms with Gasteiger partial charge in [0, 0.05) is 49.0 Å². The van der Waals surface area contributed by atoms with Crippen molar-refractivity contribution in [3.05, 3.63) is 194 Å². The molecule has 9 aromatic carbocycles. The number of nitrogens with zero attached hydrogens (tertiary/aromatic N) is 4. The van der Waals surface area contributed by atoms with Gasteiger partial charge in [0.05, 0.1) is 27.8 Å². The molecule has 0 aliphatic rings. The van der Waals surface area contributed by atoms with Crippen molar-refractivity contribution in [3.63, 3.8) is 0 Å². The van der Waals surface area contributed by atoms with Gasteiger partial charge in [0.25, 0.3) is 0 Å². The standard InChI is InChI=1S/C54H32N4O/c1-2-12-33(13-3-1)35-22-24-36(25-23-35)49-45-18-6-9-19-46(45)55-54(56-49)58-51-42(43-30-31-44-40-17-8-11-21-48(40)59-53(44)52(43)58)29-28-41-39-16-7-10-20-47(39)57(50(41)51)38-27-26-34-14-4-5-15-37(34)32-38/h1-32H. The fraction of sp³-hybridized carbons (Fsp3) is 0. The van der Waals surface area contributed by atoms with Crippen LogP contribution in [0.3, 0.4) is 0 Å². The van der Waals surface area contributed by atoms with E-state index in [9.17, 15) is 0 Å². The summed E-state index contributed by atoms with van der Waals surface area (Å²) in [6, 6.07) is 68.9. The lowest BCUT2D eigenvalue weighted by Crippen LogP contribution is -2.05. The van der Waals surface area contributed by atoms with Gasteiger partial charge < -0.3 is 8.98 Å². The molecule has 0 unspecified atom stereocenters. The SMILES string of the molecule is c1ccc(-c2ccc(-c3nc(-n4c5c(ccc6c7ccccc7oc65)c5ccc6c7ccccc7n(-c7ccc8ccccc8c7)c6c54)nc4ccccc34)cc2)cc1. The molecule has 0 spiro atoms. The van der Waals surface area contributed by atoms with Crippen LogP contribution in [0.2, 0.25) is 0 Å². The fourth-order valence-electron chi connectivity index (χ4n) is 9.43. The molecule has 0 amide bonds. The number of fused-ring (bicyclic) bond motifs is 13. The van der Waals surface area contributed by atoms with Crippen molar-refractivity contribution >= 4 is 87.2 Å². The Labute approximate surface area is 337 Å². The molecule has 0 saturated heterocycles. The average molecular weight is 753 g/mol. The van der Waals surface area contributed by atoms with E-state index in [4.69, 9.17) is 14.4 Å². The van der Waals surface area contributed by atoms with Gasteiger partial charge in [-0.3, -0.25) is 4.57 Å². The molecule has 0 atom stereocenters. The number of hydrogen-bond acceptors (Lipinski definition) is 3. The van der Waals surface area contributed by atoms with Gasteiger partial charge in [-0.25, -0.2) is 9.97 Å². The third kappa shape index (κ3) is 4.67. The third-order valence-corrected chi connectivity index (χ3v) is 12.1. The minimum absolute atomic E-state index is 0.585. The molecule has 4 aromatic heterocycles. The molecule has 5 heteroatoms. The van der Waals surface area contributed by atoms with Crippen molar-refractivity contribution in [1.82, 2.24) is 19.1 Å². The predicted octanol–water partition coefficient (Wildman–Crippen LogP) is 14.2. The van der Waals surface area contributed by atoms with Crippen LogP contribution in [-0.2, 0) is 0 Å². The largest absolute Gasteiger partial charge is 0.454 e. The first-order valence-corrected chi connectivity index (χ1v) is 20.0. The van der Waals surface area contributed by atoms with Crippen LogP contribution in [-0.4, -0.2) is 19.1 Å². The van der Waals surface area contributed by atoms with Crippen molar-refractivity contribution in [1.29, 1.82) is 0 Å². The zero-order valence-corrected chi connectivity index (χ0v) is 31.7. The van der Waals surface area contributed by atoms with E-state index in [1.807, 2.05) is 12.1 Å². The summed E-state index contributed by atoms with van der Waals surface area (Å²) in [5.41, 5.74) is 12.0. The molecule has 13 rings (SSSR count). The summed E-state index contributed by atoms with van der Waals surface area (Å²) in [5.74, 6) is 0.585. The second kappa shape index (κ2) is 12.2. The van der Waals surface area contributed by atoms with Crippen LogP contribution in [0, 0.1) is 0 Å². The van der Waals surface area contributed by atoms with Gasteiger partial charge >= 0.3 is 0 Å². The molecule has 4 heterocycles. The molecule has 0 radical (unpaired) electrons. The molecule has 13 aromatic rings. The van der Waals surface area contributed by atoms with Gasteiger partial charge in [-0.05, 0) is 58.3 Å². The molecule has 59 heavy (non-hydrogen) atoms. The maximum atomic E-state index is 6.87. The zero-order valence-electron chi connectivity index (χ0n) is 31.7. The van der Waals surface area contributed by atoms with Crippen molar-refractivity contribution in [2.24, 2.45) is 0 Å². The fourth-order valence-corrected chi connectivity index (χ4v) is 9.43. The molecule has 0 N–H and O–H groups in total. The number of rotatable bonds is 4. The highest BCUT2D eigenvalue weighted by Gasteiger charge is 2.26. The van der Waals surface area contributed by atoms with E-state index in [1.165, 1.54) is 21.7 Å². The lowest BCUT2D eigenvalue weighted by atomic mass is 10.0. The minimum Gasteiger partial charge on any atom is -0.454 e. The summed E-state index contributed by atoms with van der Waals surface area (Å²) in [7, 11) is 0.